The summed E-state index contributed by atoms with van der Waals surface area (Å²) in [7, 11) is 0. The second kappa shape index (κ2) is 3.74. The minimum atomic E-state index is -0.536. The summed E-state index contributed by atoms with van der Waals surface area (Å²) in [6, 6.07) is 10.1. The molecule has 0 radical (unpaired) electrons. The number of amides is 1. The van der Waals surface area contributed by atoms with Crippen molar-refractivity contribution in [1.82, 2.24) is 4.90 Å². The monoisotopic (exact) mass is 245 g/mol. The molecule has 2 aliphatic heterocycles. The van der Waals surface area contributed by atoms with E-state index in [1.54, 1.807) is 0 Å². The summed E-state index contributed by atoms with van der Waals surface area (Å²) in [5, 5.41) is 0. The van der Waals surface area contributed by atoms with Gasteiger partial charge in [-0.1, -0.05) is 30.3 Å². The van der Waals surface area contributed by atoms with Gasteiger partial charge >= 0.3 is 6.09 Å². The summed E-state index contributed by atoms with van der Waals surface area (Å²) >= 11 is 0. The number of nitrogens with zero attached hydrogens (tertiary/aromatic N) is 1. The fourth-order valence-electron chi connectivity index (χ4n) is 3.38. The molecule has 1 aromatic carbocycles. The molecule has 3 rings (SSSR count). The molecule has 0 saturated carbocycles. The van der Waals surface area contributed by atoms with Gasteiger partial charge in [0.2, 0.25) is 0 Å². The zero-order valence-electron chi connectivity index (χ0n) is 11.0. The first kappa shape index (κ1) is 11.6. The van der Waals surface area contributed by atoms with Crippen LogP contribution in [0, 0.1) is 0 Å². The van der Waals surface area contributed by atoms with Gasteiger partial charge in [-0.3, -0.25) is 4.90 Å². The Morgan fingerprint density at radius 1 is 1.17 bits per heavy atom. The zero-order chi connectivity index (χ0) is 12.8. The predicted molar refractivity (Wildman–Crippen MR) is 69.2 cm³/mol. The van der Waals surface area contributed by atoms with Gasteiger partial charge in [-0.15, -0.1) is 0 Å². The molecular weight excluding hydrogens is 226 g/mol. The molecule has 2 aliphatic rings. The quantitative estimate of drug-likeness (QED) is 0.759. The number of hydrogen-bond acceptors (Lipinski definition) is 2. The van der Waals surface area contributed by atoms with Crippen molar-refractivity contribution in [1.29, 1.82) is 0 Å². The highest BCUT2D eigenvalue weighted by Gasteiger charge is 2.60. The molecule has 0 unspecified atom stereocenters. The Morgan fingerprint density at radius 3 is 2.61 bits per heavy atom. The smallest absolute Gasteiger partial charge is 0.411 e. The molecule has 96 valence electrons. The van der Waals surface area contributed by atoms with Crippen LogP contribution in [0.2, 0.25) is 0 Å². The molecular formula is C15H19NO2. The molecule has 0 aliphatic carbocycles. The number of piperidine rings is 1. The molecule has 1 aromatic rings. The van der Waals surface area contributed by atoms with Crippen molar-refractivity contribution in [3.63, 3.8) is 0 Å². The summed E-state index contributed by atoms with van der Waals surface area (Å²) in [5.74, 6) is 0. The van der Waals surface area contributed by atoms with Crippen LogP contribution in [0.15, 0.2) is 30.3 Å². The Bertz CT molecular complexity index is 473. The van der Waals surface area contributed by atoms with Crippen molar-refractivity contribution < 1.29 is 9.53 Å². The maximum Gasteiger partial charge on any atom is 0.411 e. The number of hydrogen-bond donors (Lipinski definition) is 0. The van der Waals surface area contributed by atoms with E-state index in [4.69, 9.17) is 4.74 Å². The topological polar surface area (TPSA) is 29.5 Å². The molecule has 2 saturated heterocycles. The lowest BCUT2D eigenvalue weighted by Crippen LogP contribution is -2.55. The lowest BCUT2D eigenvalue weighted by molar-refractivity contribution is -0.0103. The third kappa shape index (κ3) is 1.33. The molecule has 2 atom stereocenters. The van der Waals surface area contributed by atoms with Crippen LogP contribution in [0.5, 0.6) is 0 Å². The predicted octanol–water partition coefficient (Wildman–Crippen LogP) is 3.30. The number of benzene rings is 1. The number of cyclic esters (lactones) is 1. The molecule has 0 N–H and O–H groups in total. The van der Waals surface area contributed by atoms with E-state index in [1.807, 2.05) is 30.0 Å². The Balaban J connectivity index is 2.09. The van der Waals surface area contributed by atoms with E-state index >= 15 is 0 Å². The van der Waals surface area contributed by atoms with E-state index in [2.05, 4.69) is 19.1 Å². The lowest BCUT2D eigenvalue weighted by atomic mass is 9.72. The van der Waals surface area contributed by atoms with Gasteiger partial charge in [0, 0.05) is 6.54 Å². The van der Waals surface area contributed by atoms with Crippen LogP contribution in [0.4, 0.5) is 4.79 Å². The van der Waals surface area contributed by atoms with Gasteiger partial charge in [0.05, 0.1) is 5.54 Å². The van der Waals surface area contributed by atoms with Crippen molar-refractivity contribution in [2.24, 2.45) is 0 Å². The molecule has 0 spiro atoms. The van der Waals surface area contributed by atoms with Crippen molar-refractivity contribution in [3.8, 4) is 0 Å². The summed E-state index contributed by atoms with van der Waals surface area (Å²) in [6.07, 6.45) is 3.08. The van der Waals surface area contributed by atoms with E-state index in [1.165, 1.54) is 0 Å². The second-order valence-corrected chi connectivity index (χ2v) is 5.65. The largest absolute Gasteiger partial charge is 0.436 e. The Morgan fingerprint density at radius 2 is 1.89 bits per heavy atom. The normalized spacial score (nSPS) is 35.2. The Hall–Kier alpha value is -1.51. The molecule has 2 fully saturated rings. The molecule has 3 nitrogen and oxygen atoms in total. The third-order valence-electron chi connectivity index (χ3n) is 4.76. The van der Waals surface area contributed by atoms with E-state index < -0.39 is 5.60 Å². The summed E-state index contributed by atoms with van der Waals surface area (Å²) in [4.78, 5) is 14.0. The van der Waals surface area contributed by atoms with Crippen molar-refractivity contribution >= 4 is 6.09 Å². The van der Waals surface area contributed by atoms with Gasteiger partial charge < -0.3 is 4.74 Å². The van der Waals surface area contributed by atoms with Crippen LogP contribution in [-0.2, 0) is 10.3 Å². The maximum atomic E-state index is 12.1. The van der Waals surface area contributed by atoms with Gasteiger partial charge in [-0.05, 0) is 38.7 Å². The highest BCUT2D eigenvalue weighted by Crippen LogP contribution is 2.50. The average Bonchev–Trinajstić information content (AvgIpc) is 2.60. The van der Waals surface area contributed by atoms with E-state index in [9.17, 15) is 4.79 Å². The molecule has 18 heavy (non-hydrogen) atoms. The van der Waals surface area contributed by atoms with Crippen molar-refractivity contribution in [2.75, 3.05) is 6.54 Å². The van der Waals surface area contributed by atoms with Crippen LogP contribution in [0.25, 0.3) is 0 Å². The van der Waals surface area contributed by atoms with Crippen molar-refractivity contribution in [2.45, 2.75) is 44.2 Å². The number of carbonyl (C=O) groups excluding carboxylic acids is 1. The maximum absolute atomic E-state index is 12.1. The SMILES string of the molecule is C[C@@]1(c2ccccc2)OC(=O)N2CCCC[C@]21C. The second-order valence-electron chi connectivity index (χ2n) is 5.65. The Labute approximate surface area is 108 Å². The molecule has 1 amide bonds. The molecule has 2 heterocycles. The number of ether oxygens (including phenoxy) is 1. The summed E-state index contributed by atoms with van der Waals surface area (Å²) in [5.41, 5.74) is 0.334. The van der Waals surface area contributed by atoms with E-state index in [0.717, 1.165) is 31.4 Å². The van der Waals surface area contributed by atoms with Gasteiger partial charge in [0.1, 0.15) is 0 Å². The van der Waals surface area contributed by atoms with Gasteiger partial charge in [0.25, 0.3) is 0 Å². The molecule has 3 heteroatoms. The molecule has 0 bridgehead atoms. The van der Waals surface area contributed by atoms with E-state index in [-0.39, 0.29) is 11.6 Å². The van der Waals surface area contributed by atoms with Crippen LogP contribution in [-0.4, -0.2) is 23.1 Å². The minimum Gasteiger partial charge on any atom is -0.436 e. The molecule has 0 aromatic heterocycles. The van der Waals surface area contributed by atoms with Gasteiger partial charge in [0.15, 0.2) is 5.60 Å². The number of rotatable bonds is 1. The van der Waals surface area contributed by atoms with Gasteiger partial charge in [-0.25, -0.2) is 4.79 Å². The highest BCUT2D eigenvalue weighted by atomic mass is 16.6. The first-order chi connectivity index (χ1) is 8.58. The van der Waals surface area contributed by atoms with E-state index in [0.29, 0.717) is 0 Å². The lowest BCUT2D eigenvalue weighted by Gasteiger charge is -2.45. The standard InChI is InChI=1S/C15H19NO2/c1-14-10-6-7-11-16(14)13(17)18-15(14,2)12-8-4-3-5-9-12/h3-5,8-9H,6-7,10-11H2,1-2H3/t14-,15-/m0/s1. The fraction of sp³-hybridized carbons (Fsp3) is 0.533. The highest BCUT2D eigenvalue weighted by molar-refractivity contribution is 5.73. The van der Waals surface area contributed by atoms with Crippen LogP contribution in [0.1, 0.15) is 38.7 Å². The van der Waals surface area contributed by atoms with Crippen LogP contribution >= 0.6 is 0 Å². The first-order valence-electron chi connectivity index (χ1n) is 6.64. The third-order valence-corrected chi connectivity index (χ3v) is 4.76. The number of carbonyl (C=O) groups is 1. The number of fused-ring (bicyclic) bond motifs is 1. The summed E-state index contributed by atoms with van der Waals surface area (Å²) in [6.45, 7) is 5.02. The minimum absolute atomic E-state index is 0.163. The van der Waals surface area contributed by atoms with Gasteiger partial charge in [-0.2, -0.15) is 0 Å². The van der Waals surface area contributed by atoms with Crippen molar-refractivity contribution in [3.05, 3.63) is 35.9 Å². The first-order valence-corrected chi connectivity index (χ1v) is 6.64. The van der Waals surface area contributed by atoms with Crippen LogP contribution < -0.4 is 0 Å². The average molecular weight is 245 g/mol. The Kier molecular flexibility index (Phi) is 2.40. The summed E-state index contributed by atoms with van der Waals surface area (Å²) < 4.78 is 5.77. The fourth-order valence-corrected chi connectivity index (χ4v) is 3.38. The van der Waals surface area contributed by atoms with Crippen LogP contribution in [0.3, 0.4) is 0 Å². The zero-order valence-corrected chi connectivity index (χ0v) is 11.0.